The number of para-hydroxylation sites is 1. The first-order valence-corrected chi connectivity index (χ1v) is 8.69. The van der Waals surface area contributed by atoms with Gasteiger partial charge < -0.3 is 10.2 Å². The van der Waals surface area contributed by atoms with E-state index in [2.05, 4.69) is 34.9 Å². The van der Waals surface area contributed by atoms with Crippen molar-refractivity contribution in [3.8, 4) is 0 Å². The number of nitrogens with one attached hydrogen (secondary N) is 3. The molecule has 5 heteroatoms. The van der Waals surface area contributed by atoms with Gasteiger partial charge >= 0.3 is 6.03 Å². The third-order valence-electron chi connectivity index (χ3n) is 4.69. The number of aryl methyl sites for hydroxylation is 1. The number of benzene rings is 2. The minimum atomic E-state index is -0.493. The molecule has 1 unspecified atom stereocenters. The second-order valence-electron chi connectivity index (χ2n) is 6.54. The summed E-state index contributed by atoms with van der Waals surface area (Å²) in [6, 6.07) is 17.3. The van der Waals surface area contributed by atoms with Crippen molar-refractivity contribution in [2.75, 3.05) is 18.9 Å². The lowest BCUT2D eigenvalue weighted by Crippen LogP contribution is -3.10. The molecule has 1 aliphatic rings. The first kappa shape index (κ1) is 17.2. The molecule has 0 radical (unpaired) electrons. The van der Waals surface area contributed by atoms with Crippen LogP contribution < -0.4 is 15.5 Å². The van der Waals surface area contributed by atoms with Crippen LogP contribution in [0.25, 0.3) is 0 Å². The number of anilines is 1. The van der Waals surface area contributed by atoms with Crippen molar-refractivity contribution in [1.82, 2.24) is 5.32 Å². The molecule has 130 valence electrons. The molecule has 0 aromatic heterocycles. The Hall–Kier alpha value is -2.66. The highest BCUT2D eigenvalue weighted by molar-refractivity contribution is 6.01. The highest BCUT2D eigenvalue weighted by atomic mass is 16.2. The van der Waals surface area contributed by atoms with Gasteiger partial charge in [0.1, 0.15) is 6.04 Å². The first-order valence-electron chi connectivity index (χ1n) is 8.69. The fourth-order valence-corrected chi connectivity index (χ4v) is 3.50. The fourth-order valence-electron chi connectivity index (χ4n) is 3.50. The van der Waals surface area contributed by atoms with Gasteiger partial charge in [0.15, 0.2) is 6.54 Å². The Kier molecular flexibility index (Phi) is 5.46. The van der Waals surface area contributed by atoms with Gasteiger partial charge in [0, 0.05) is 17.7 Å². The normalized spacial score (nSPS) is 17.2. The molecule has 2 atom stereocenters. The maximum absolute atomic E-state index is 12.2. The number of rotatable bonds is 4. The first-order chi connectivity index (χ1) is 12.1. The molecule has 0 bridgehead atoms. The molecular formula is C20H24N3O2+. The summed E-state index contributed by atoms with van der Waals surface area (Å²) in [6.07, 6.45) is 3.30. The van der Waals surface area contributed by atoms with Gasteiger partial charge in [-0.25, -0.2) is 4.79 Å². The largest absolute Gasteiger partial charge is 0.326 e. The standard InChI is InChI=1S/C20H23N3O2/c1-23(18-13-7-9-15-8-5-6-12-17(15)18)14-19(24)22-20(25)21-16-10-3-2-4-11-16/h2-6,8,10-12,18H,7,9,13-14H2,1H3,(H2,21,22,24,25)/p+1/t18-/m0/s1. The van der Waals surface area contributed by atoms with E-state index in [-0.39, 0.29) is 12.5 Å². The van der Waals surface area contributed by atoms with Crippen LogP contribution in [-0.4, -0.2) is 25.5 Å². The summed E-state index contributed by atoms with van der Waals surface area (Å²) < 4.78 is 0. The van der Waals surface area contributed by atoms with E-state index in [1.807, 2.05) is 25.2 Å². The summed E-state index contributed by atoms with van der Waals surface area (Å²) >= 11 is 0. The van der Waals surface area contributed by atoms with Crippen molar-refractivity contribution in [2.24, 2.45) is 0 Å². The van der Waals surface area contributed by atoms with E-state index < -0.39 is 6.03 Å². The minimum absolute atomic E-state index is 0.265. The van der Waals surface area contributed by atoms with E-state index in [1.54, 1.807) is 12.1 Å². The summed E-state index contributed by atoms with van der Waals surface area (Å²) in [6.45, 7) is 0.265. The predicted octanol–water partition coefficient (Wildman–Crippen LogP) is 1.93. The quantitative estimate of drug-likeness (QED) is 0.798. The Morgan fingerprint density at radius 2 is 1.80 bits per heavy atom. The number of fused-ring (bicyclic) bond motifs is 1. The molecule has 25 heavy (non-hydrogen) atoms. The summed E-state index contributed by atoms with van der Waals surface area (Å²) in [5.41, 5.74) is 3.36. The van der Waals surface area contributed by atoms with Crippen molar-refractivity contribution in [3.63, 3.8) is 0 Å². The summed E-state index contributed by atoms with van der Waals surface area (Å²) in [7, 11) is 2.02. The number of likely N-dealkylation sites (N-methyl/N-ethyl adjacent to an activating group) is 1. The third-order valence-corrected chi connectivity index (χ3v) is 4.69. The smallest absolute Gasteiger partial charge is 0.323 e. The van der Waals surface area contributed by atoms with E-state index >= 15 is 0 Å². The lowest BCUT2D eigenvalue weighted by atomic mass is 9.87. The van der Waals surface area contributed by atoms with E-state index in [4.69, 9.17) is 0 Å². The fraction of sp³-hybridized carbons (Fsp3) is 0.300. The zero-order chi connectivity index (χ0) is 17.6. The average Bonchev–Trinajstić information content (AvgIpc) is 2.61. The lowest BCUT2D eigenvalue weighted by Gasteiger charge is -2.30. The number of amides is 3. The molecule has 3 N–H and O–H groups in total. The molecule has 5 nitrogen and oxygen atoms in total. The van der Waals surface area contributed by atoms with Gasteiger partial charge in [0.2, 0.25) is 0 Å². The Morgan fingerprint density at radius 3 is 2.60 bits per heavy atom. The molecular weight excluding hydrogens is 314 g/mol. The average molecular weight is 338 g/mol. The molecule has 0 saturated carbocycles. The minimum Gasteiger partial charge on any atom is -0.323 e. The van der Waals surface area contributed by atoms with Gasteiger partial charge in [-0.3, -0.25) is 10.1 Å². The van der Waals surface area contributed by atoms with E-state index in [9.17, 15) is 9.59 Å². The number of quaternary nitrogens is 1. The maximum Gasteiger partial charge on any atom is 0.326 e. The highest BCUT2D eigenvalue weighted by Crippen LogP contribution is 2.27. The van der Waals surface area contributed by atoms with Gasteiger partial charge in [0.05, 0.1) is 7.05 Å². The van der Waals surface area contributed by atoms with Crippen molar-refractivity contribution in [3.05, 3.63) is 65.7 Å². The number of carbonyl (C=O) groups is 2. The van der Waals surface area contributed by atoms with Crippen molar-refractivity contribution < 1.29 is 14.5 Å². The molecule has 0 aliphatic heterocycles. The summed E-state index contributed by atoms with van der Waals surface area (Å²) in [5, 5.41) is 5.07. The molecule has 0 fully saturated rings. The van der Waals surface area contributed by atoms with Gasteiger partial charge in [-0.15, -0.1) is 0 Å². The molecule has 2 aromatic rings. The third kappa shape index (κ3) is 4.45. The van der Waals surface area contributed by atoms with Crippen LogP contribution in [0.2, 0.25) is 0 Å². The topological polar surface area (TPSA) is 62.6 Å². The van der Waals surface area contributed by atoms with Crippen LogP contribution in [0.1, 0.15) is 30.0 Å². The van der Waals surface area contributed by atoms with Crippen LogP contribution in [0.3, 0.4) is 0 Å². The van der Waals surface area contributed by atoms with Gasteiger partial charge in [0.25, 0.3) is 5.91 Å². The zero-order valence-electron chi connectivity index (χ0n) is 14.4. The van der Waals surface area contributed by atoms with Crippen LogP contribution in [0.15, 0.2) is 54.6 Å². The number of carbonyl (C=O) groups excluding carboxylic acids is 2. The zero-order valence-corrected chi connectivity index (χ0v) is 14.4. The molecule has 3 rings (SSSR count). The second kappa shape index (κ2) is 7.94. The number of imide groups is 1. The molecule has 2 aromatic carbocycles. The summed E-state index contributed by atoms with van der Waals surface area (Å²) in [4.78, 5) is 25.3. The number of hydrogen-bond acceptors (Lipinski definition) is 2. The Morgan fingerprint density at radius 1 is 1.08 bits per heavy atom. The van der Waals surface area contributed by atoms with Crippen molar-refractivity contribution in [2.45, 2.75) is 25.3 Å². The predicted molar refractivity (Wildman–Crippen MR) is 97.5 cm³/mol. The monoisotopic (exact) mass is 338 g/mol. The van der Waals surface area contributed by atoms with E-state index in [0.29, 0.717) is 11.7 Å². The highest BCUT2D eigenvalue weighted by Gasteiger charge is 2.28. The maximum atomic E-state index is 12.2. The van der Waals surface area contributed by atoms with E-state index in [1.165, 1.54) is 11.1 Å². The number of hydrogen-bond donors (Lipinski definition) is 3. The van der Waals surface area contributed by atoms with Crippen LogP contribution in [0.4, 0.5) is 10.5 Å². The number of urea groups is 1. The molecule has 3 amide bonds. The Labute approximate surface area is 148 Å². The van der Waals surface area contributed by atoms with Crippen LogP contribution in [-0.2, 0) is 11.2 Å². The summed E-state index contributed by atoms with van der Waals surface area (Å²) in [5.74, 6) is -0.269. The van der Waals surface area contributed by atoms with Crippen LogP contribution >= 0.6 is 0 Å². The lowest BCUT2D eigenvalue weighted by molar-refractivity contribution is -0.905. The van der Waals surface area contributed by atoms with Crippen LogP contribution in [0, 0.1) is 0 Å². The Bertz CT molecular complexity index is 746. The van der Waals surface area contributed by atoms with Gasteiger partial charge in [-0.1, -0.05) is 42.5 Å². The van der Waals surface area contributed by atoms with Crippen molar-refractivity contribution >= 4 is 17.6 Å². The molecule has 1 aliphatic carbocycles. The molecule has 0 heterocycles. The van der Waals surface area contributed by atoms with Crippen molar-refractivity contribution in [1.29, 1.82) is 0 Å². The van der Waals surface area contributed by atoms with Gasteiger partial charge in [-0.2, -0.15) is 0 Å². The Balaban J connectivity index is 1.55. The van der Waals surface area contributed by atoms with Crippen LogP contribution in [0.5, 0.6) is 0 Å². The SMILES string of the molecule is C[NH+](CC(=O)NC(=O)Nc1ccccc1)[C@H]1CCCc2ccccc21. The second-order valence-corrected chi connectivity index (χ2v) is 6.54. The van der Waals surface area contributed by atoms with E-state index in [0.717, 1.165) is 24.2 Å². The molecule has 0 saturated heterocycles. The molecule has 0 spiro atoms. The van der Waals surface area contributed by atoms with Gasteiger partial charge in [-0.05, 0) is 30.5 Å².